The van der Waals surface area contributed by atoms with Gasteiger partial charge in [0.05, 0.1) is 16.4 Å². The Morgan fingerprint density at radius 2 is 1.95 bits per heavy atom. The van der Waals surface area contributed by atoms with Gasteiger partial charge in [-0.15, -0.1) is 0 Å². The summed E-state index contributed by atoms with van der Waals surface area (Å²) in [6.45, 7) is 0.195. The molecule has 5 nitrogen and oxygen atoms in total. The molecule has 1 heterocycles. The fourth-order valence-electron chi connectivity index (χ4n) is 2.97. The van der Waals surface area contributed by atoms with Gasteiger partial charge in [0, 0.05) is 6.54 Å². The van der Waals surface area contributed by atoms with Crippen molar-refractivity contribution in [3.05, 3.63) is 40.3 Å². The highest BCUT2D eigenvalue weighted by molar-refractivity contribution is 7.93. The molecule has 1 aliphatic carbocycles. The van der Waals surface area contributed by atoms with E-state index >= 15 is 0 Å². The van der Waals surface area contributed by atoms with Gasteiger partial charge in [-0.25, -0.2) is 21.6 Å². The summed E-state index contributed by atoms with van der Waals surface area (Å²) in [5.41, 5.74) is 2.10. The topological polar surface area (TPSA) is 80.3 Å². The minimum absolute atomic E-state index is 0.0808. The van der Waals surface area contributed by atoms with Gasteiger partial charge in [0.25, 0.3) is 0 Å². The summed E-state index contributed by atoms with van der Waals surface area (Å²) < 4.78 is 50.2. The van der Waals surface area contributed by atoms with Gasteiger partial charge in [-0.3, -0.25) is 0 Å². The lowest BCUT2D eigenvalue weighted by molar-refractivity contribution is 0.546. The molecular formula is C15H19NO4S2. The summed E-state index contributed by atoms with van der Waals surface area (Å²) in [6.07, 6.45) is 3.44. The van der Waals surface area contributed by atoms with Crippen LogP contribution in [0, 0.1) is 5.92 Å². The van der Waals surface area contributed by atoms with Crippen LogP contribution in [0.1, 0.15) is 24.0 Å². The molecule has 3 rings (SSSR count). The van der Waals surface area contributed by atoms with Crippen LogP contribution in [0.4, 0.5) is 0 Å². The van der Waals surface area contributed by atoms with Crippen molar-refractivity contribution in [2.75, 3.05) is 18.1 Å². The van der Waals surface area contributed by atoms with Gasteiger partial charge in [0.2, 0.25) is 10.0 Å². The molecule has 2 aliphatic rings. The quantitative estimate of drug-likeness (QED) is 0.896. The standard InChI is InChI=1S/C15H19NO4S2/c17-21(18)8-7-12(11-21)10-16-22(19,20)15-6-5-13-3-1-2-4-14(13)9-15/h1-4,9,12,16H,5-8,10-11H2/t12-/m0/s1. The lowest BCUT2D eigenvalue weighted by Crippen LogP contribution is -2.31. The van der Waals surface area contributed by atoms with E-state index in [2.05, 4.69) is 4.72 Å². The third-order valence-electron chi connectivity index (χ3n) is 4.25. The highest BCUT2D eigenvalue weighted by Crippen LogP contribution is 2.27. The van der Waals surface area contributed by atoms with Gasteiger partial charge in [0.1, 0.15) is 0 Å². The predicted molar refractivity (Wildman–Crippen MR) is 86.4 cm³/mol. The number of rotatable bonds is 4. The number of sulfone groups is 1. The SMILES string of the molecule is O=S1(=O)CC[C@@H](CNS(=O)(=O)C2=Cc3ccccc3CC2)C1. The first-order chi connectivity index (χ1) is 10.4. The van der Waals surface area contributed by atoms with Crippen LogP contribution in [-0.2, 0) is 26.3 Å². The van der Waals surface area contributed by atoms with Gasteiger partial charge in [-0.1, -0.05) is 24.3 Å². The van der Waals surface area contributed by atoms with Crippen molar-refractivity contribution in [2.24, 2.45) is 5.92 Å². The molecule has 1 atom stereocenters. The van der Waals surface area contributed by atoms with Crippen LogP contribution in [0.3, 0.4) is 0 Å². The normalized spacial score (nSPS) is 23.8. The van der Waals surface area contributed by atoms with E-state index in [1.54, 1.807) is 6.08 Å². The van der Waals surface area contributed by atoms with E-state index in [0.717, 1.165) is 11.1 Å². The molecule has 1 aromatic rings. The van der Waals surface area contributed by atoms with E-state index in [1.807, 2.05) is 24.3 Å². The molecule has 1 saturated heterocycles. The Hall–Kier alpha value is -1.18. The van der Waals surface area contributed by atoms with Gasteiger partial charge < -0.3 is 0 Å². The van der Waals surface area contributed by atoms with E-state index in [0.29, 0.717) is 24.2 Å². The molecule has 0 bridgehead atoms. The van der Waals surface area contributed by atoms with E-state index in [4.69, 9.17) is 0 Å². The Bertz CT molecular complexity index is 810. The first-order valence-electron chi connectivity index (χ1n) is 7.34. The second-order valence-electron chi connectivity index (χ2n) is 5.93. The molecule has 1 aromatic carbocycles. The molecule has 0 unspecified atom stereocenters. The maximum Gasteiger partial charge on any atom is 0.236 e. The number of allylic oxidation sites excluding steroid dienone is 1. The van der Waals surface area contributed by atoms with Gasteiger partial charge in [-0.2, -0.15) is 0 Å². The summed E-state index contributed by atoms with van der Waals surface area (Å²) in [5.74, 6) is 0.128. The first kappa shape index (κ1) is 15.7. The van der Waals surface area contributed by atoms with Crippen LogP contribution in [0.5, 0.6) is 0 Å². The molecule has 7 heteroatoms. The van der Waals surface area contributed by atoms with Crippen molar-refractivity contribution >= 4 is 25.9 Å². The van der Waals surface area contributed by atoms with Gasteiger partial charge in [0.15, 0.2) is 9.84 Å². The van der Waals surface area contributed by atoms with Crippen molar-refractivity contribution in [2.45, 2.75) is 19.3 Å². The van der Waals surface area contributed by atoms with Crippen LogP contribution >= 0.6 is 0 Å². The molecule has 0 spiro atoms. The molecule has 120 valence electrons. The number of sulfonamides is 1. The molecule has 1 aliphatic heterocycles. The van der Waals surface area contributed by atoms with Crippen molar-refractivity contribution in [3.8, 4) is 0 Å². The largest absolute Gasteiger partial charge is 0.236 e. The number of aryl methyl sites for hydroxylation is 1. The average molecular weight is 341 g/mol. The van der Waals surface area contributed by atoms with Crippen LogP contribution in [0.15, 0.2) is 29.2 Å². The molecule has 1 fully saturated rings. The maximum absolute atomic E-state index is 12.4. The van der Waals surface area contributed by atoms with Crippen LogP contribution in [0.25, 0.3) is 6.08 Å². The zero-order chi connectivity index (χ0) is 15.8. The Labute approximate surface area is 131 Å². The molecular weight excluding hydrogens is 322 g/mol. The summed E-state index contributed by atoms with van der Waals surface area (Å²) in [7, 11) is -6.51. The maximum atomic E-state index is 12.4. The van der Waals surface area contributed by atoms with Crippen LogP contribution in [0.2, 0.25) is 0 Å². The van der Waals surface area contributed by atoms with E-state index in [-0.39, 0.29) is 24.0 Å². The summed E-state index contributed by atoms with van der Waals surface area (Å²) in [4.78, 5) is 0.382. The fourth-order valence-corrected chi connectivity index (χ4v) is 6.13. The van der Waals surface area contributed by atoms with Crippen molar-refractivity contribution in [1.82, 2.24) is 4.72 Å². The summed E-state index contributed by atoms with van der Waals surface area (Å²) >= 11 is 0. The zero-order valence-corrected chi connectivity index (χ0v) is 13.8. The minimum atomic E-state index is -3.53. The second kappa shape index (κ2) is 5.79. The highest BCUT2D eigenvalue weighted by atomic mass is 32.2. The Kier molecular flexibility index (Phi) is 4.13. The van der Waals surface area contributed by atoms with Crippen LogP contribution in [-0.4, -0.2) is 34.9 Å². The van der Waals surface area contributed by atoms with E-state index < -0.39 is 19.9 Å². The second-order valence-corrected chi connectivity index (χ2v) is 9.98. The highest BCUT2D eigenvalue weighted by Gasteiger charge is 2.29. The monoisotopic (exact) mass is 341 g/mol. The fraction of sp³-hybridized carbons (Fsp3) is 0.467. The third kappa shape index (κ3) is 3.42. The number of nitrogens with one attached hydrogen (secondary N) is 1. The average Bonchev–Trinajstić information content (AvgIpc) is 2.84. The van der Waals surface area contributed by atoms with Crippen molar-refractivity contribution in [1.29, 1.82) is 0 Å². The van der Waals surface area contributed by atoms with Gasteiger partial charge >= 0.3 is 0 Å². The Morgan fingerprint density at radius 1 is 1.18 bits per heavy atom. The Morgan fingerprint density at radius 3 is 2.68 bits per heavy atom. The molecule has 22 heavy (non-hydrogen) atoms. The molecule has 0 saturated carbocycles. The smallest absolute Gasteiger partial charge is 0.229 e. The minimum Gasteiger partial charge on any atom is -0.229 e. The molecule has 0 radical (unpaired) electrons. The number of fused-ring (bicyclic) bond motifs is 1. The van der Waals surface area contributed by atoms with Crippen LogP contribution < -0.4 is 4.72 Å². The van der Waals surface area contributed by atoms with E-state index in [1.165, 1.54) is 0 Å². The van der Waals surface area contributed by atoms with Gasteiger partial charge in [-0.05, 0) is 42.4 Å². The lowest BCUT2D eigenvalue weighted by atomic mass is 9.98. The van der Waals surface area contributed by atoms with Crippen molar-refractivity contribution < 1.29 is 16.8 Å². The predicted octanol–water partition coefficient (Wildman–Crippen LogP) is 1.33. The summed E-state index contributed by atoms with van der Waals surface area (Å²) in [5, 5.41) is 0. The molecule has 1 N–H and O–H groups in total. The first-order valence-corrected chi connectivity index (χ1v) is 10.6. The lowest BCUT2D eigenvalue weighted by Gasteiger charge is -2.18. The van der Waals surface area contributed by atoms with E-state index in [9.17, 15) is 16.8 Å². The van der Waals surface area contributed by atoms with Crippen molar-refractivity contribution in [3.63, 3.8) is 0 Å². The molecule has 0 aromatic heterocycles. The number of hydrogen-bond acceptors (Lipinski definition) is 4. The summed E-state index contributed by atoms with van der Waals surface area (Å²) in [6, 6.07) is 7.76. The Balaban J connectivity index is 1.70. The number of hydrogen-bond donors (Lipinski definition) is 1. The molecule has 0 amide bonds. The number of benzene rings is 1. The third-order valence-corrected chi connectivity index (χ3v) is 7.64. The zero-order valence-electron chi connectivity index (χ0n) is 12.2.